The topological polar surface area (TPSA) is 109 Å². The zero-order valence-electron chi connectivity index (χ0n) is 18.3. The van der Waals surface area contributed by atoms with E-state index in [2.05, 4.69) is 4.98 Å². The average Bonchev–Trinajstić information content (AvgIpc) is 3.11. The van der Waals surface area contributed by atoms with Crippen LogP contribution >= 0.6 is 34.8 Å². The van der Waals surface area contributed by atoms with E-state index in [9.17, 15) is 19.8 Å². The van der Waals surface area contributed by atoms with Crippen LogP contribution in [0.4, 0.5) is 5.69 Å². The first kappa shape index (κ1) is 24.7. The van der Waals surface area contributed by atoms with E-state index in [1.165, 1.54) is 50.9 Å². The van der Waals surface area contributed by atoms with Crippen LogP contribution in [0.25, 0.3) is 5.76 Å². The van der Waals surface area contributed by atoms with E-state index in [-0.39, 0.29) is 49.1 Å². The van der Waals surface area contributed by atoms with Crippen LogP contribution in [0.3, 0.4) is 0 Å². The molecule has 1 fully saturated rings. The van der Waals surface area contributed by atoms with Gasteiger partial charge in [-0.15, -0.1) is 0 Å². The number of phenols is 1. The lowest BCUT2D eigenvalue weighted by molar-refractivity contribution is -0.132. The van der Waals surface area contributed by atoms with Crippen LogP contribution in [-0.4, -0.2) is 41.1 Å². The van der Waals surface area contributed by atoms with Crippen LogP contribution in [-0.2, 0) is 9.59 Å². The molecule has 0 bridgehead atoms. The van der Waals surface area contributed by atoms with Gasteiger partial charge in [-0.3, -0.25) is 19.5 Å². The number of aromatic nitrogens is 1. The fourth-order valence-corrected chi connectivity index (χ4v) is 4.78. The molecule has 1 amide bonds. The molecule has 35 heavy (non-hydrogen) atoms. The molecule has 180 valence electrons. The number of benzene rings is 2. The molecule has 2 N–H and O–H groups in total. The second-order valence-corrected chi connectivity index (χ2v) is 8.59. The summed E-state index contributed by atoms with van der Waals surface area (Å²) in [7, 11) is 2.67. The van der Waals surface area contributed by atoms with Crippen LogP contribution in [0.5, 0.6) is 17.2 Å². The molecular formula is C24H17Cl3N2O6. The molecule has 1 aromatic heterocycles. The van der Waals surface area contributed by atoms with Crippen molar-refractivity contribution in [3.8, 4) is 17.2 Å². The molecule has 0 aliphatic carbocycles. The highest BCUT2D eigenvalue weighted by molar-refractivity contribution is 6.52. The number of phenolic OH excluding ortho intramolecular Hbond substituents is 1. The van der Waals surface area contributed by atoms with Crippen LogP contribution in [0.1, 0.15) is 17.2 Å². The second-order valence-electron chi connectivity index (χ2n) is 7.37. The summed E-state index contributed by atoms with van der Waals surface area (Å²) in [6.07, 6.45) is 2.93. The van der Waals surface area contributed by atoms with Crippen LogP contribution < -0.4 is 14.4 Å². The van der Waals surface area contributed by atoms with Crippen molar-refractivity contribution < 1.29 is 29.3 Å². The number of amides is 1. The Hall–Kier alpha value is -3.46. The minimum atomic E-state index is -1.15. The summed E-state index contributed by atoms with van der Waals surface area (Å²) >= 11 is 18.8. The van der Waals surface area contributed by atoms with Crippen molar-refractivity contribution in [1.29, 1.82) is 0 Å². The van der Waals surface area contributed by atoms with Gasteiger partial charge >= 0.3 is 0 Å². The third-order valence-corrected chi connectivity index (χ3v) is 6.32. The lowest BCUT2D eigenvalue weighted by atomic mass is 9.95. The van der Waals surface area contributed by atoms with Crippen LogP contribution in [0.2, 0.25) is 15.1 Å². The van der Waals surface area contributed by atoms with Gasteiger partial charge in [-0.05, 0) is 42.0 Å². The number of carbonyl (C=O) groups excluding carboxylic acids is 2. The number of aliphatic hydroxyl groups excluding tert-OH is 1. The minimum Gasteiger partial charge on any atom is -0.507 e. The molecule has 0 spiro atoms. The predicted molar refractivity (Wildman–Crippen MR) is 132 cm³/mol. The Labute approximate surface area is 214 Å². The third-order valence-electron chi connectivity index (χ3n) is 5.46. The number of carbonyl (C=O) groups is 2. The van der Waals surface area contributed by atoms with E-state index in [1.54, 1.807) is 12.1 Å². The van der Waals surface area contributed by atoms with Gasteiger partial charge in [0.25, 0.3) is 11.7 Å². The third kappa shape index (κ3) is 4.14. The molecule has 3 aromatic rings. The standard InChI is InChI=1S/C24H17Cl3N2O6/c1-34-22-13(10-14(26)23(35-2)18(22)27)20(31)17-19(11-5-7-28-8-6-11)29(24(33)21(17)32)15-9-12(25)3-4-16(15)30/h3-10,19,30-31H,1-2H3/b20-17+. The normalized spacial score (nSPS) is 17.1. The van der Waals surface area contributed by atoms with E-state index in [4.69, 9.17) is 44.3 Å². The van der Waals surface area contributed by atoms with Crippen molar-refractivity contribution in [3.63, 3.8) is 0 Å². The van der Waals surface area contributed by atoms with Crippen molar-refractivity contribution >= 4 is 57.9 Å². The maximum atomic E-state index is 13.3. The summed E-state index contributed by atoms with van der Waals surface area (Å²) < 4.78 is 10.5. The number of ketones is 1. The van der Waals surface area contributed by atoms with Gasteiger partial charge in [0.2, 0.25) is 0 Å². The molecule has 1 unspecified atom stereocenters. The van der Waals surface area contributed by atoms with Crippen molar-refractivity contribution in [3.05, 3.63) is 80.6 Å². The first-order chi connectivity index (χ1) is 16.7. The Morgan fingerprint density at radius 2 is 1.66 bits per heavy atom. The largest absolute Gasteiger partial charge is 0.507 e. The van der Waals surface area contributed by atoms with Gasteiger partial charge in [0.05, 0.1) is 42.1 Å². The van der Waals surface area contributed by atoms with E-state index in [0.717, 1.165) is 4.90 Å². The van der Waals surface area contributed by atoms with E-state index < -0.39 is 23.5 Å². The number of hydrogen-bond donors (Lipinski definition) is 2. The van der Waals surface area contributed by atoms with E-state index in [1.807, 2.05) is 0 Å². The maximum Gasteiger partial charge on any atom is 0.300 e. The van der Waals surface area contributed by atoms with Crippen LogP contribution in [0, 0.1) is 0 Å². The van der Waals surface area contributed by atoms with Crippen molar-refractivity contribution in [2.75, 3.05) is 19.1 Å². The Balaban J connectivity index is 2.04. The molecule has 1 atom stereocenters. The van der Waals surface area contributed by atoms with Gasteiger partial charge in [0, 0.05) is 17.4 Å². The summed E-state index contributed by atoms with van der Waals surface area (Å²) in [6.45, 7) is 0. The summed E-state index contributed by atoms with van der Waals surface area (Å²) in [5, 5.41) is 22.1. The fourth-order valence-electron chi connectivity index (χ4n) is 3.92. The molecule has 2 heterocycles. The van der Waals surface area contributed by atoms with Gasteiger partial charge in [-0.25, -0.2) is 0 Å². The second kappa shape index (κ2) is 9.65. The highest BCUT2D eigenvalue weighted by Gasteiger charge is 2.48. The number of halogens is 3. The number of aliphatic hydroxyl groups is 1. The van der Waals surface area contributed by atoms with E-state index in [0.29, 0.717) is 5.56 Å². The van der Waals surface area contributed by atoms with Gasteiger partial charge in [0.15, 0.2) is 11.5 Å². The van der Waals surface area contributed by atoms with E-state index >= 15 is 0 Å². The first-order valence-electron chi connectivity index (χ1n) is 10.0. The molecule has 1 aliphatic heterocycles. The Bertz CT molecular complexity index is 1380. The highest BCUT2D eigenvalue weighted by Crippen LogP contribution is 2.49. The van der Waals surface area contributed by atoms with Crippen molar-refractivity contribution in [2.45, 2.75) is 6.04 Å². The van der Waals surface area contributed by atoms with Gasteiger partial charge in [-0.1, -0.05) is 34.8 Å². The summed E-state index contributed by atoms with van der Waals surface area (Å²) in [4.78, 5) is 31.6. The smallest absolute Gasteiger partial charge is 0.300 e. The van der Waals surface area contributed by atoms with Gasteiger partial charge < -0.3 is 19.7 Å². The molecule has 4 rings (SSSR count). The fraction of sp³-hybridized carbons (Fsp3) is 0.125. The number of ether oxygens (including phenoxy) is 2. The van der Waals surface area contributed by atoms with Crippen molar-refractivity contribution in [1.82, 2.24) is 4.98 Å². The summed E-state index contributed by atoms with van der Waals surface area (Å²) in [5.41, 5.74) is 0.106. The molecule has 0 saturated carbocycles. The Morgan fingerprint density at radius 3 is 2.29 bits per heavy atom. The molecule has 0 radical (unpaired) electrons. The number of anilines is 1. The monoisotopic (exact) mass is 534 g/mol. The lowest BCUT2D eigenvalue weighted by Crippen LogP contribution is -2.29. The molecule has 11 heteroatoms. The number of aromatic hydroxyl groups is 1. The Morgan fingerprint density at radius 1 is 1.00 bits per heavy atom. The number of Topliss-reactive ketones (excluding diaryl/α,β-unsaturated/α-hetero) is 1. The number of methoxy groups -OCH3 is 2. The van der Waals surface area contributed by atoms with Crippen LogP contribution in [0.15, 0.2) is 54.4 Å². The minimum absolute atomic E-state index is 0.0155. The number of pyridine rings is 1. The number of hydrogen-bond acceptors (Lipinski definition) is 7. The maximum absolute atomic E-state index is 13.3. The van der Waals surface area contributed by atoms with Gasteiger partial charge in [-0.2, -0.15) is 0 Å². The zero-order chi connectivity index (χ0) is 25.4. The Kier molecular flexibility index (Phi) is 6.80. The summed E-state index contributed by atoms with van der Waals surface area (Å²) in [6, 6.07) is 7.39. The molecule has 1 aliphatic rings. The quantitative estimate of drug-likeness (QED) is 0.256. The first-order valence-corrected chi connectivity index (χ1v) is 11.1. The summed E-state index contributed by atoms with van der Waals surface area (Å²) in [5.74, 6) is -2.78. The molecular weight excluding hydrogens is 519 g/mol. The van der Waals surface area contributed by atoms with Crippen molar-refractivity contribution in [2.24, 2.45) is 0 Å². The molecule has 1 saturated heterocycles. The predicted octanol–water partition coefficient (Wildman–Crippen LogP) is 5.39. The zero-order valence-corrected chi connectivity index (χ0v) is 20.5. The molecule has 2 aromatic carbocycles. The average molecular weight is 536 g/mol. The lowest BCUT2D eigenvalue weighted by Gasteiger charge is -2.26. The SMILES string of the molecule is COc1c(Cl)cc(/C(O)=C2\C(=O)C(=O)N(c3cc(Cl)ccc3O)C2c2ccncc2)c(OC)c1Cl. The van der Waals surface area contributed by atoms with Gasteiger partial charge in [0.1, 0.15) is 16.5 Å². The number of nitrogens with zero attached hydrogens (tertiary/aromatic N) is 2. The highest BCUT2D eigenvalue weighted by atomic mass is 35.5. The number of rotatable bonds is 5. The molecule has 8 nitrogen and oxygen atoms in total.